The highest BCUT2D eigenvalue weighted by molar-refractivity contribution is 6.04. The van der Waals surface area contributed by atoms with Crippen LogP contribution in [-0.4, -0.2) is 57.2 Å². The average molecular weight is 584 g/mol. The van der Waals surface area contributed by atoms with E-state index in [1.807, 2.05) is 37.4 Å². The van der Waals surface area contributed by atoms with E-state index in [-0.39, 0.29) is 35.6 Å². The zero-order valence-corrected chi connectivity index (χ0v) is 24.3. The summed E-state index contributed by atoms with van der Waals surface area (Å²) in [6.07, 6.45) is 8.23. The molecule has 1 aliphatic heterocycles. The van der Waals surface area contributed by atoms with Crippen LogP contribution in [-0.2, 0) is 17.9 Å². The highest BCUT2D eigenvalue weighted by Gasteiger charge is 2.26. The van der Waals surface area contributed by atoms with Crippen LogP contribution in [0, 0.1) is 17.1 Å². The van der Waals surface area contributed by atoms with Crippen molar-refractivity contribution in [3.05, 3.63) is 81.5 Å². The smallest absolute Gasteiger partial charge is 0.341 e. The molecule has 0 bridgehead atoms. The summed E-state index contributed by atoms with van der Waals surface area (Å²) in [5.41, 5.74) is 1.51. The number of benzene rings is 2. The SMILES string of the molecule is CCCCCn1cc(/C=C(\C#N)C(=O)N2CCN(c3cc4c(cc3F)c(=O)c(C(=O)O)cn4CC)CC2)c2ccccc21. The van der Waals surface area contributed by atoms with Crippen LogP contribution >= 0.6 is 0 Å². The van der Waals surface area contributed by atoms with Crippen LogP contribution < -0.4 is 10.3 Å². The molecule has 4 aromatic rings. The summed E-state index contributed by atoms with van der Waals surface area (Å²) < 4.78 is 19.1. The fourth-order valence-electron chi connectivity index (χ4n) is 5.78. The van der Waals surface area contributed by atoms with Crippen molar-refractivity contribution in [1.82, 2.24) is 14.0 Å². The lowest BCUT2D eigenvalue weighted by atomic mass is 10.1. The van der Waals surface area contributed by atoms with E-state index in [0.29, 0.717) is 25.2 Å². The second-order valence-corrected chi connectivity index (χ2v) is 10.7. The molecule has 0 spiro atoms. The molecule has 10 heteroatoms. The Morgan fingerprint density at radius 2 is 1.74 bits per heavy atom. The minimum atomic E-state index is -1.36. The second kappa shape index (κ2) is 12.5. The minimum absolute atomic E-state index is 0.00679. The van der Waals surface area contributed by atoms with E-state index in [2.05, 4.69) is 17.6 Å². The Morgan fingerprint density at radius 3 is 2.42 bits per heavy atom. The minimum Gasteiger partial charge on any atom is -0.477 e. The molecule has 0 saturated carbocycles. The number of aromatic carboxylic acids is 1. The summed E-state index contributed by atoms with van der Waals surface area (Å²) in [5, 5.41) is 20.3. The lowest BCUT2D eigenvalue weighted by Crippen LogP contribution is -2.49. The van der Waals surface area contributed by atoms with Crippen molar-refractivity contribution in [3.8, 4) is 6.07 Å². The van der Waals surface area contributed by atoms with E-state index in [1.165, 1.54) is 6.20 Å². The maximum absolute atomic E-state index is 15.3. The van der Waals surface area contributed by atoms with Crippen LogP contribution in [0.3, 0.4) is 0 Å². The fourth-order valence-corrected chi connectivity index (χ4v) is 5.78. The van der Waals surface area contributed by atoms with Crippen molar-refractivity contribution >= 4 is 45.4 Å². The molecule has 1 N–H and O–H groups in total. The van der Waals surface area contributed by atoms with E-state index < -0.39 is 22.8 Å². The number of piperazine rings is 1. The molecular formula is C33H34FN5O4. The predicted molar refractivity (Wildman–Crippen MR) is 165 cm³/mol. The number of carbonyl (C=O) groups excluding carboxylic acids is 1. The van der Waals surface area contributed by atoms with Gasteiger partial charge in [0.15, 0.2) is 0 Å². The van der Waals surface area contributed by atoms with Crippen LogP contribution in [0.15, 0.2) is 59.2 Å². The average Bonchev–Trinajstić information content (AvgIpc) is 3.37. The molecule has 0 atom stereocenters. The molecule has 1 fully saturated rings. The van der Waals surface area contributed by atoms with Crippen molar-refractivity contribution in [2.75, 3.05) is 31.1 Å². The Morgan fingerprint density at radius 1 is 1.00 bits per heavy atom. The molecule has 0 radical (unpaired) electrons. The Labute approximate surface area is 248 Å². The van der Waals surface area contributed by atoms with Crippen LogP contribution in [0.25, 0.3) is 27.9 Å². The van der Waals surface area contributed by atoms with Crippen molar-refractivity contribution in [3.63, 3.8) is 0 Å². The molecular weight excluding hydrogens is 549 g/mol. The van der Waals surface area contributed by atoms with Gasteiger partial charge in [0.25, 0.3) is 5.91 Å². The number of amides is 1. The van der Waals surface area contributed by atoms with Crippen LogP contribution in [0.5, 0.6) is 0 Å². The number of carbonyl (C=O) groups is 2. The zero-order chi connectivity index (χ0) is 30.7. The number of nitrogens with zero attached hydrogens (tertiary/aromatic N) is 5. The van der Waals surface area contributed by atoms with Crippen LogP contribution in [0.4, 0.5) is 10.1 Å². The number of hydrogen-bond donors (Lipinski definition) is 1. The standard InChI is InChI=1S/C33H34FN5O4/c1-3-5-8-11-39-20-23(24-9-6-7-10-28(24)39)16-22(19-35)32(41)38-14-12-37(13-15-38)30-18-29-25(17-27(30)34)31(40)26(33(42)43)21-36(29)4-2/h6-7,9-10,16-18,20-21H,3-5,8,11-15H2,1-2H3,(H,42,43)/b22-16+. The van der Waals surface area contributed by atoms with Gasteiger partial charge in [-0.1, -0.05) is 38.0 Å². The number of nitriles is 1. The monoisotopic (exact) mass is 583 g/mol. The number of carboxylic acids is 1. The Bertz CT molecular complexity index is 1840. The number of anilines is 1. The lowest BCUT2D eigenvalue weighted by Gasteiger charge is -2.36. The molecule has 1 saturated heterocycles. The van der Waals surface area contributed by atoms with Gasteiger partial charge in [0.05, 0.1) is 11.2 Å². The number of aryl methyl sites for hydroxylation is 2. The van der Waals surface area contributed by atoms with Crippen molar-refractivity contribution in [1.29, 1.82) is 5.26 Å². The summed E-state index contributed by atoms with van der Waals surface area (Å²) in [5.74, 6) is -2.37. The number of pyridine rings is 1. The van der Waals surface area contributed by atoms with Crippen molar-refractivity contribution in [2.45, 2.75) is 46.2 Å². The maximum atomic E-state index is 15.3. The first-order valence-electron chi connectivity index (χ1n) is 14.6. The Kier molecular flexibility index (Phi) is 8.62. The zero-order valence-electron chi connectivity index (χ0n) is 24.3. The second-order valence-electron chi connectivity index (χ2n) is 10.7. The maximum Gasteiger partial charge on any atom is 0.341 e. The molecule has 5 rings (SSSR count). The largest absolute Gasteiger partial charge is 0.477 e. The van der Waals surface area contributed by atoms with Gasteiger partial charge in [-0.05, 0) is 37.6 Å². The number of rotatable bonds is 9. The van der Waals surface area contributed by atoms with Gasteiger partial charge in [-0.25, -0.2) is 9.18 Å². The number of fused-ring (bicyclic) bond motifs is 2. The molecule has 1 aliphatic rings. The van der Waals surface area contributed by atoms with Gasteiger partial charge in [0.2, 0.25) is 5.43 Å². The van der Waals surface area contributed by atoms with Gasteiger partial charge in [0, 0.05) is 73.5 Å². The van der Waals surface area contributed by atoms with Gasteiger partial charge in [-0.2, -0.15) is 5.26 Å². The van der Waals surface area contributed by atoms with Gasteiger partial charge in [0.1, 0.15) is 23.0 Å². The van der Waals surface area contributed by atoms with E-state index in [1.54, 1.807) is 26.5 Å². The van der Waals surface area contributed by atoms with Crippen LogP contribution in [0.1, 0.15) is 49.0 Å². The molecule has 43 heavy (non-hydrogen) atoms. The Hall–Kier alpha value is -4.91. The van der Waals surface area contributed by atoms with Gasteiger partial charge >= 0.3 is 5.97 Å². The van der Waals surface area contributed by atoms with Crippen LogP contribution in [0.2, 0.25) is 0 Å². The molecule has 222 valence electrons. The number of halogens is 1. The molecule has 1 amide bonds. The highest BCUT2D eigenvalue weighted by Crippen LogP contribution is 2.28. The Balaban J connectivity index is 1.36. The summed E-state index contributed by atoms with van der Waals surface area (Å²) in [4.78, 5) is 41.1. The predicted octanol–water partition coefficient (Wildman–Crippen LogP) is 5.26. The molecule has 0 unspecified atom stereocenters. The lowest BCUT2D eigenvalue weighted by molar-refractivity contribution is -0.126. The number of aromatic nitrogens is 2. The number of para-hydroxylation sites is 1. The van der Waals surface area contributed by atoms with Crippen molar-refractivity contribution < 1.29 is 19.1 Å². The molecule has 3 heterocycles. The fraction of sp³-hybridized carbons (Fsp3) is 0.333. The topological polar surface area (TPSA) is 112 Å². The number of unbranched alkanes of at least 4 members (excludes halogenated alkanes) is 2. The summed E-state index contributed by atoms with van der Waals surface area (Å²) in [6.45, 7) is 6.45. The number of hydrogen-bond acceptors (Lipinski definition) is 5. The van der Waals surface area contributed by atoms with Gasteiger partial charge in [-0.3, -0.25) is 9.59 Å². The first-order valence-corrected chi connectivity index (χ1v) is 14.6. The molecule has 0 aliphatic carbocycles. The first kappa shape index (κ1) is 29.6. The third-order valence-corrected chi connectivity index (χ3v) is 8.10. The first-order chi connectivity index (χ1) is 20.8. The third kappa shape index (κ3) is 5.75. The quantitative estimate of drug-likeness (QED) is 0.164. The number of carboxylic acid groups (broad SMARTS) is 1. The van der Waals surface area contributed by atoms with E-state index >= 15 is 4.39 Å². The highest BCUT2D eigenvalue weighted by atomic mass is 19.1. The summed E-state index contributed by atoms with van der Waals surface area (Å²) >= 11 is 0. The summed E-state index contributed by atoms with van der Waals surface area (Å²) in [6, 6.07) is 12.7. The van der Waals surface area contributed by atoms with E-state index in [4.69, 9.17) is 0 Å². The molecule has 2 aromatic heterocycles. The normalized spacial score (nSPS) is 14.0. The van der Waals surface area contributed by atoms with E-state index in [9.17, 15) is 24.8 Å². The summed E-state index contributed by atoms with van der Waals surface area (Å²) in [7, 11) is 0. The van der Waals surface area contributed by atoms with Gasteiger partial charge < -0.3 is 24.0 Å². The van der Waals surface area contributed by atoms with E-state index in [0.717, 1.165) is 48.3 Å². The molecule has 2 aromatic carbocycles. The third-order valence-electron chi connectivity index (χ3n) is 8.10. The molecule has 9 nitrogen and oxygen atoms in total. The van der Waals surface area contributed by atoms with Crippen molar-refractivity contribution in [2.24, 2.45) is 0 Å². The van der Waals surface area contributed by atoms with Gasteiger partial charge in [-0.15, -0.1) is 0 Å².